The number of aryl methyl sites for hydroxylation is 1. The highest BCUT2D eigenvalue weighted by Crippen LogP contribution is 2.18. The van der Waals surface area contributed by atoms with Gasteiger partial charge in [-0.2, -0.15) is 0 Å². The molecule has 0 aliphatic carbocycles. The average molecular weight is 340 g/mol. The number of carbonyl (C=O) groups is 1. The number of hydrogen-bond donors (Lipinski definition) is 1. The van der Waals surface area contributed by atoms with Crippen LogP contribution in [-0.2, 0) is 11.3 Å². The molecule has 2 aromatic rings. The lowest BCUT2D eigenvalue weighted by Gasteiger charge is -2.06. The Hall–Kier alpha value is -3.15. The smallest absolute Gasteiger partial charge is 0.407 e. The molecule has 1 N–H and O–H groups in total. The quantitative estimate of drug-likeness (QED) is 0.464. The van der Waals surface area contributed by atoms with Gasteiger partial charge >= 0.3 is 6.09 Å². The topological polar surface area (TPSA) is 81.5 Å². The SMILES string of the molecule is Cc1ccc([N+](=O)[O-])cc1C=CCCNC(=O)OCc1ccccc1. The number of nitrogens with one attached hydrogen (secondary N) is 1. The van der Waals surface area contributed by atoms with E-state index in [2.05, 4.69) is 5.32 Å². The number of hydrogen-bond acceptors (Lipinski definition) is 4. The van der Waals surface area contributed by atoms with Crippen molar-refractivity contribution in [3.05, 3.63) is 81.4 Å². The zero-order valence-corrected chi connectivity index (χ0v) is 14.0. The first kappa shape index (κ1) is 18.2. The number of amides is 1. The number of carbonyl (C=O) groups excluding carboxylic acids is 1. The molecule has 0 fully saturated rings. The van der Waals surface area contributed by atoms with Gasteiger partial charge in [-0.15, -0.1) is 0 Å². The van der Waals surface area contributed by atoms with Crippen molar-refractivity contribution >= 4 is 17.9 Å². The zero-order chi connectivity index (χ0) is 18.1. The zero-order valence-electron chi connectivity index (χ0n) is 14.0. The predicted octanol–water partition coefficient (Wildman–Crippen LogP) is 4.23. The maximum atomic E-state index is 11.6. The maximum Gasteiger partial charge on any atom is 0.407 e. The molecule has 0 radical (unpaired) electrons. The van der Waals surface area contributed by atoms with Gasteiger partial charge in [-0.05, 0) is 30.0 Å². The number of rotatable bonds is 7. The van der Waals surface area contributed by atoms with Crippen molar-refractivity contribution in [3.63, 3.8) is 0 Å². The van der Waals surface area contributed by atoms with Gasteiger partial charge in [0.1, 0.15) is 6.61 Å². The second kappa shape index (κ2) is 9.22. The minimum Gasteiger partial charge on any atom is -0.445 e. The normalized spacial score (nSPS) is 10.6. The van der Waals surface area contributed by atoms with E-state index in [-0.39, 0.29) is 12.3 Å². The third-order valence-corrected chi connectivity index (χ3v) is 3.56. The van der Waals surface area contributed by atoms with Gasteiger partial charge in [0.2, 0.25) is 0 Å². The molecule has 0 saturated heterocycles. The van der Waals surface area contributed by atoms with E-state index in [4.69, 9.17) is 4.74 Å². The summed E-state index contributed by atoms with van der Waals surface area (Å²) < 4.78 is 5.11. The second-order valence-electron chi connectivity index (χ2n) is 5.48. The van der Waals surface area contributed by atoms with Crippen molar-refractivity contribution in [1.29, 1.82) is 0 Å². The van der Waals surface area contributed by atoms with Crippen LogP contribution in [0.15, 0.2) is 54.6 Å². The standard InChI is InChI=1S/C19H20N2O4/c1-15-10-11-18(21(23)24)13-17(15)9-5-6-12-20-19(22)25-14-16-7-3-2-4-8-16/h2-5,7-11,13H,6,12,14H2,1H3,(H,20,22). The van der Waals surface area contributed by atoms with E-state index in [0.29, 0.717) is 13.0 Å². The fraction of sp³-hybridized carbons (Fsp3) is 0.211. The summed E-state index contributed by atoms with van der Waals surface area (Å²) in [5, 5.41) is 13.5. The molecule has 0 aromatic heterocycles. The summed E-state index contributed by atoms with van der Waals surface area (Å²) in [4.78, 5) is 22.0. The van der Waals surface area contributed by atoms with Crippen LogP contribution in [0.5, 0.6) is 0 Å². The number of nitro benzene ring substituents is 1. The molecule has 6 nitrogen and oxygen atoms in total. The Bertz CT molecular complexity index is 757. The van der Waals surface area contributed by atoms with Gasteiger partial charge in [0.15, 0.2) is 0 Å². The molecular formula is C19H20N2O4. The molecule has 0 bridgehead atoms. The van der Waals surface area contributed by atoms with E-state index in [1.807, 2.05) is 49.4 Å². The van der Waals surface area contributed by atoms with Crippen LogP contribution < -0.4 is 5.32 Å². The summed E-state index contributed by atoms with van der Waals surface area (Å²) in [6, 6.07) is 14.2. The molecule has 0 aliphatic heterocycles. The molecule has 6 heteroatoms. The summed E-state index contributed by atoms with van der Waals surface area (Å²) in [6.07, 6.45) is 3.81. The van der Waals surface area contributed by atoms with Gasteiger partial charge in [0.05, 0.1) is 4.92 Å². The van der Waals surface area contributed by atoms with Crippen LogP contribution in [0.25, 0.3) is 6.08 Å². The minimum atomic E-state index is -0.469. The molecule has 130 valence electrons. The first-order valence-corrected chi connectivity index (χ1v) is 7.92. The van der Waals surface area contributed by atoms with Crippen LogP contribution in [0.4, 0.5) is 10.5 Å². The van der Waals surface area contributed by atoms with E-state index in [0.717, 1.165) is 16.7 Å². The Kier molecular flexibility index (Phi) is 6.71. The Morgan fingerprint density at radius 1 is 1.24 bits per heavy atom. The van der Waals surface area contributed by atoms with Gasteiger partial charge in [-0.3, -0.25) is 10.1 Å². The molecule has 0 unspecified atom stereocenters. The summed E-state index contributed by atoms with van der Waals surface area (Å²) in [5.74, 6) is 0. The molecule has 0 heterocycles. The monoisotopic (exact) mass is 340 g/mol. The van der Waals surface area contributed by atoms with E-state index in [1.165, 1.54) is 12.1 Å². The molecule has 1 amide bonds. The lowest BCUT2D eigenvalue weighted by atomic mass is 10.1. The first-order chi connectivity index (χ1) is 12.1. The predicted molar refractivity (Wildman–Crippen MR) is 96.1 cm³/mol. The van der Waals surface area contributed by atoms with Crippen molar-refractivity contribution in [1.82, 2.24) is 5.32 Å². The molecule has 0 aliphatic rings. The van der Waals surface area contributed by atoms with Gasteiger partial charge in [-0.25, -0.2) is 4.79 Å². The number of non-ortho nitro benzene ring substituents is 1. The molecule has 0 atom stereocenters. The van der Waals surface area contributed by atoms with Gasteiger partial charge in [-0.1, -0.05) is 48.6 Å². The van der Waals surface area contributed by atoms with E-state index in [1.54, 1.807) is 6.07 Å². The Labute approximate surface area is 146 Å². The number of nitrogens with zero attached hydrogens (tertiary/aromatic N) is 1. The van der Waals surface area contributed by atoms with Gasteiger partial charge < -0.3 is 10.1 Å². The highest BCUT2D eigenvalue weighted by Gasteiger charge is 2.06. The van der Waals surface area contributed by atoms with Gasteiger partial charge in [0.25, 0.3) is 5.69 Å². The summed E-state index contributed by atoms with van der Waals surface area (Å²) >= 11 is 0. The van der Waals surface area contributed by atoms with Crippen LogP contribution in [0.3, 0.4) is 0 Å². The lowest BCUT2D eigenvalue weighted by molar-refractivity contribution is -0.384. The van der Waals surface area contributed by atoms with E-state index < -0.39 is 11.0 Å². The van der Waals surface area contributed by atoms with Crippen LogP contribution >= 0.6 is 0 Å². The Morgan fingerprint density at radius 2 is 2.00 bits per heavy atom. The van der Waals surface area contributed by atoms with Crippen molar-refractivity contribution in [2.75, 3.05) is 6.54 Å². The maximum absolute atomic E-state index is 11.6. The summed E-state index contributed by atoms with van der Waals surface area (Å²) in [7, 11) is 0. The molecule has 2 aromatic carbocycles. The number of alkyl carbamates (subject to hydrolysis) is 1. The fourth-order valence-electron chi connectivity index (χ4n) is 2.16. The number of nitro groups is 1. The van der Waals surface area contributed by atoms with Crippen LogP contribution in [0.2, 0.25) is 0 Å². The highest BCUT2D eigenvalue weighted by molar-refractivity contribution is 5.67. The van der Waals surface area contributed by atoms with Crippen LogP contribution in [0.1, 0.15) is 23.1 Å². The number of ether oxygens (including phenoxy) is 1. The van der Waals surface area contributed by atoms with Crippen molar-refractivity contribution in [2.24, 2.45) is 0 Å². The van der Waals surface area contributed by atoms with Crippen LogP contribution in [0, 0.1) is 17.0 Å². The molecule has 0 saturated carbocycles. The summed E-state index contributed by atoms with van der Waals surface area (Å²) in [5.41, 5.74) is 2.74. The Morgan fingerprint density at radius 3 is 2.72 bits per heavy atom. The van der Waals surface area contributed by atoms with Gasteiger partial charge in [0, 0.05) is 18.7 Å². The van der Waals surface area contributed by atoms with Crippen LogP contribution in [-0.4, -0.2) is 17.6 Å². The third kappa shape index (κ3) is 6.10. The molecule has 25 heavy (non-hydrogen) atoms. The Balaban J connectivity index is 1.73. The highest BCUT2D eigenvalue weighted by atomic mass is 16.6. The molecular weight excluding hydrogens is 320 g/mol. The van der Waals surface area contributed by atoms with E-state index in [9.17, 15) is 14.9 Å². The first-order valence-electron chi connectivity index (χ1n) is 7.92. The van der Waals surface area contributed by atoms with Crippen molar-refractivity contribution in [2.45, 2.75) is 20.0 Å². The third-order valence-electron chi connectivity index (χ3n) is 3.56. The second-order valence-corrected chi connectivity index (χ2v) is 5.48. The molecule has 2 rings (SSSR count). The van der Waals surface area contributed by atoms with Crippen molar-refractivity contribution < 1.29 is 14.5 Å². The van der Waals surface area contributed by atoms with Crippen molar-refractivity contribution in [3.8, 4) is 0 Å². The number of benzene rings is 2. The fourth-order valence-corrected chi connectivity index (χ4v) is 2.16. The lowest BCUT2D eigenvalue weighted by Crippen LogP contribution is -2.24. The van der Waals surface area contributed by atoms with E-state index >= 15 is 0 Å². The molecule has 0 spiro atoms. The minimum absolute atomic E-state index is 0.0628. The summed E-state index contributed by atoms with van der Waals surface area (Å²) in [6.45, 7) is 2.55. The average Bonchev–Trinajstić information content (AvgIpc) is 2.61. The largest absolute Gasteiger partial charge is 0.445 e.